The number of benzene rings is 1. The highest BCUT2D eigenvalue weighted by Crippen LogP contribution is 2.30. The summed E-state index contributed by atoms with van der Waals surface area (Å²) >= 11 is 0. The lowest BCUT2D eigenvalue weighted by Crippen LogP contribution is -2.50. The molecule has 1 aromatic carbocycles. The molecule has 28 heavy (non-hydrogen) atoms. The van der Waals surface area contributed by atoms with Gasteiger partial charge >= 0.3 is 0 Å². The molecule has 0 unspecified atom stereocenters. The smallest absolute Gasteiger partial charge is 0.226 e. The molecule has 0 saturated carbocycles. The second kappa shape index (κ2) is 7.41. The van der Waals surface area contributed by atoms with Crippen molar-refractivity contribution in [1.29, 1.82) is 0 Å². The van der Waals surface area contributed by atoms with E-state index in [0.29, 0.717) is 5.91 Å². The predicted octanol–water partition coefficient (Wildman–Crippen LogP) is 2.84. The fourth-order valence-corrected chi connectivity index (χ4v) is 4.67. The van der Waals surface area contributed by atoms with E-state index in [9.17, 15) is 4.79 Å². The summed E-state index contributed by atoms with van der Waals surface area (Å²) in [6.45, 7) is 5.52. The highest BCUT2D eigenvalue weighted by atomic mass is 16.2. The average molecular weight is 377 g/mol. The molecule has 6 heteroatoms. The number of nitrogens with zero attached hydrogens (tertiary/aromatic N) is 5. The van der Waals surface area contributed by atoms with Crippen LogP contribution in [0.2, 0.25) is 0 Å². The van der Waals surface area contributed by atoms with Gasteiger partial charge in [-0.05, 0) is 43.9 Å². The first-order valence-corrected chi connectivity index (χ1v) is 10.5. The van der Waals surface area contributed by atoms with Crippen molar-refractivity contribution in [2.24, 2.45) is 5.92 Å². The van der Waals surface area contributed by atoms with Crippen LogP contribution in [0.5, 0.6) is 0 Å². The van der Waals surface area contributed by atoms with Gasteiger partial charge in [0.05, 0.1) is 5.52 Å². The van der Waals surface area contributed by atoms with Crippen LogP contribution in [0.25, 0.3) is 10.9 Å². The summed E-state index contributed by atoms with van der Waals surface area (Å²) in [5, 5.41) is 1.14. The molecule has 1 aromatic heterocycles. The van der Waals surface area contributed by atoms with E-state index in [4.69, 9.17) is 0 Å². The number of carbonyl (C=O) groups excluding carboxylic acids is 1. The van der Waals surface area contributed by atoms with Crippen LogP contribution >= 0.6 is 0 Å². The molecule has 0 radical (unpaired) electrons. The highest BCUT2D eigenvalue weighted by molar-refractivity contribution is 5.92. The van der Waals surface area contributed by atoms with Gasteiger partial charge in [0.1, 0.15) is 12.1 Å². The van der Waals surface area contributed by atoms with Gasteiger partial charge in [-0.25, -0.2) is 9.97 Å². The summed E-state index contributed by atoms with van der Waals surface area (Å²) in [5.41, 5.74) is 2.21. The number of amides is 1. The molecule has 2 fully saturated rings. The lowest BCUT2D eigenvalue weighted by Gasteiger charge is -2.37. The summed E-state index contributed by atoms with van der Waals surface area (Å²) < 4.78 is 0. The molecule has 146 valence electrons. The first-order valence-electron chi connectivity index (χ1n) is 10.5. The second-order valence-electron chi connectivity index (χ2n) is 8.04. The van der Waals surface area contributed by atoms with Gasteiger partial charge in [-0.1, -0.05) is 12.2 Å². The molecule has 3 heterocycles. The van der Waals surface area contributed by atoms with Crippen LogP contribution in [0.1, 0.15) is 25.7 Å². The van der Waals surface area contributed by atoms with E-state index in [0.717, 1.165) is 68.8 Å². The van der Waals surface area contributed by atoms with Crippen molar-refractivity contribution in [3.05, 3.63) is 36.7 Å². The topological polar surface area (TPSA) is 52.6 Å². The SMILES string of the molecule is O=C(C1CC=CC1)N1CCN(c2ccc3ncnc(N4CCCC4)c3c2)CC1. The summed E-state index contributed by atoms with van der Waals surface area (Å²) in [6.07, 6.45) is 10.2. The zero-order valence-electron chi connectivity index (χ0n) is 16.3. The Balaban J connectivity index is 1.32. The van der Waals surface area contributed by atoms with Crippen LogP contribution < -0.4 is 9.80 Å². The lowest BCUT2D eigenvalue weighted by molar-refractivity contribution is -0.135. The molecule has 1 amide bonds. The molecule has 1 aliphatic carbocycles. The number of rotatable bonds is 3. The van der Waals surface area contributed by atoms with E-state index in [1.54, 1.807) is 6.33 Å². The Morgan fingerprint density at radius 1 is 0.893 bits per heavy atom. The molecule has 2 aliphatic heterocycles. The van der Waals surface area contributed by atoms with Gasteiger partial charge in [0.2, 0.25) is 5.91 Å². The maximum atomic E-state index is 12.7. The van der Waals surface area contributed by atoms with E-state index in [-0.39, 0.29) is 5.92 Å². The zero-order chi connectivity index (χ0) is 18.9. The highest BCUT2D eigenvalue weighted by Gasteiger charge is 2.28. The van der Waals surface area contributed by atoms with Crippen molar-refractivity contribution < 1.29 is 4.79 Å². The molecule has 3 aliphatic rings. The summed E-state index contributed by atoms with van der Waals surface area (Å²) in [5.74, 6) is 1.56. The third kappa shape index (κ3) is 3.21. The third-order valence-electron chi connectivity index (χ3n) is 6.32. The largest absolute Gasteiger partial charge is 0.368 e. The Hall–Kier alpha value is -2.63. The van der Waals surface area contributed by atoms with Crippen molar-refractivity contribution >= 4 is 28.3 Å². The third-order valence-corrected chi connectivity index (χ3v) is 6.32. The van der Waals surface area contributed by atoms with Gasteiger partial charge in [-0.2, -0.15) is 0 Å². The summed E-state index contributed by atoms with van der Waals surface area (Å²) in [6, 6.07) is 6.50. The van der Waals surface area contributed by atoms with E-state index < -0.39 is 0 Å². The maximum absolute atomic E-state index is 12.7. The normalized spacial score (nSPS) is 20.5. The van der Waals surface area contributed by atoms with E-state index in [2.05, 4.69) is 50.1 Å². The number of carbonyl (C=O) groups is 1. The van der Waals surface area contributed by atoms with Gasteiger partial charge in [0.25, 0.3) is 0 Å². The van der Waals surface area contributed by atoms with Gasteiger partial charge in [0.15, 0.2) is 0 Å². The van der Waals surface area contributed by atoms with Crippen LogP contribution in [-0.2, 0) is 4.79 Å². The van der Waals surface area contributed by atoms with Gasteiger partial charge in [0, 0.05) is 56.3 Å². The molecule has 0 bridgehead atoms. The molecule has 0 spiro atoms. The van der Waals surface area contributed by atoms with Gasteiger partial charge in [-0.3, -0.25) is 4.79 Å². The fourth-order valence-electron chi connectivity index (χ4n) is 4.67. The Labute approximate surface area is 165 Å². The predicted molar refractivity (Wildman–Crippen MR) is 112 cm³/mol. The quantitative estimate of drug-likeness (QED) is 0.770. The van der Waals surface area contributed by atoms with Crippen LogP contribution in [0.4, 0.5) is 11.5 Å². The molecule has 0 N–H and O–H groups in total. The Bertz CT molecular complexity index is 889. The van der Waals surface area contributed by atoms with Gasteiger partial charge in [-0.15, -0.1) is 0 Å². The fraction of sp³-hybridized carbons (Fsp3) is 0.500. The molecule has 2 saturated heterocycles. The summed E-state index contributed by atoms with van der Waals surface area (Å²) in [7, 11) is 0. The minimum atomic E-state index is 0.174. The first kappa shape index (κ1) is 17.5. The van der Waals surface area contributed by atoms with Crippen LogP contribution in [0, 0.1) is 5.92 Å². The Kier molecular flexibility index (Phi) is 4.63. The van der Waals surface area contributed by atoms with Crippen LogP contribution in [0.3, 0.4) is 0 Å². The zero-order valence-corrected chi connectivity index (χ0v) is 16.3. The maximum Gasteiger partial charge on any atom is 0.226 e. The van der Waals surface area contributed by atoms with E-state index >= 15 is 0 Å². The minimum absolute atomic E-state index is 0.174. The van der Waals surface area contributed by atoms with E-state index in [1.165, 1.54) is 18.5 Å². The number of allylic oxidation sites excluding steroid dienone is 2. The van der Waals surface area contributed by atoms with Crippen LogP contribution in [-0.4, -0.2) is 60.0 Å². The average Bonchev–Trinajstić information content (AvgIpc) is 3.47. The molecule has 0 atom stereocenters. The van der Waals surface area contributed by atoms with Crippen LogP contribution in [0.15, 0.2) is 36.7 Å². The standard InChI is InChI=1S/C22H27N5O/c28-22(17-5-1-2-6-17)27-13-11-25(12-14-27)18-7-8-20-19(15-18)21(24-16-23-20)26-9-3-4-10-26/h1-2,7-8,15-17H,3-6,9-14H2. The lowest BCUT2D eigenvalue weighted by atomic mass is 10.1. The number of hydrogen-bond acceptors (Lipinski definition) is 5. The molecule has 2 aromatic rings. The van der Waals surface area contributed by atoms with Gasteiger partial charge < -0.3 is 14.7 Å². The molecule has 5 rings (SSSR count). The van der Waals surface area contributed by atoms with Crippen molar-refractivity contribution in [2.75, 3.05) is 49.1 Å². The van der Waals surface area contributed by atoms with Crippen molar-refractivity contribution in [2.45, 2.75) is 25.7 Å². The molecular formula is C22H27N5O. The van der Waals surface area contributed by atoms with Crippen molar-refractivity contribution in [1.82, 2.24) is 14.9 Å². The number of anilines is 2. The molecule has 6 nitrogen and oxygen atoms in total. The van der Waals surface area contributed by atoms with Crippen molar-refractivity contribution in [3.8, 4) is 0 Å². The first-order chi connectivity index (χ1) is 13.8. The summed E-state index contributed by atoms with van der Waals surface area (Å²) in [4.78, 5) is 28.5. The Morgan fingerprint density at radius 3 is 2.39 bits per heavy atom. The van der Waals surface area contributed by atoms with Crippen molar-refractivity contribution in [3.63, 3.8) is 0 Å². The molecular weight excluding hydrogens is 350 g/mol. The minimum Gasteiger partial charge on any atom is -0.368 e. The number of fused-ring (bicyclic) bond motifs is 1. The number of hydrogen-bond donors (Lipinski definition) is 0. The monoisotopic (exact) mass is 377 g/mol. The number of piperazine rings is 1. The second-order valence-corrected chi connectivity index (χ2v) is 8.04. The number of aromatic nitrogens is 2. The Morgan fingerprint density at radius 2 is 1.64 bits per heavy atom. The van der Waals surface area contributed by atoms with E-state index in [1.807, 2.05) is 4.90 Å².